The minimum absolute atomic E-state index is 0.294. The first kappa shape index (κ1) is 12.4. The summed E-state index contributed by atoms with van der Waals surface area (Å²) in [6.07, 6.45) is 2.52. The Morgan fingerprint density at radius 2 is 2.12 bits per heavy atom. The van der Waals surface area contributed by atoms with Crippen LogP contribution in [0.1, 0.15) is 32.8 Å². The fourth-order valence-electron chi connectivity index (χ4n) is 2.60. The van der Waals surface area contributed by atoms with Crippen molar-refractivity contribution in [1.29, 1.82) is 0 Å². The summed E-state index contributed by atoms with van der Waals surface area (Å²) in [6, 6.07) is 8.85. The van der Waals surface area contributed by atoms with E-state index in [4.69, 9.17) is 4.74 Å². The van der Waals surface area contributed by atoms with Crippen molar-refractivity contribution in [2.24, 2.45) is 5.92 Å². The Bertz CT molecular complexity index is 339. The molecule has 1 N–H and O–H groups in total. The van der Waals surface area contributed by atoms with Gasteiger partial charge in [-0.2, -0.15) is 0 Å². The summed E-state index contributed by atoms with van der Waals surface area (Å²) in [7, 11) is 0. The molecule has 1 heterocycles. The number of likely N-dealkylation sites (N-methyl/N-ethyl adjacent to an activating group) is 1. The molecule has 0 spiro atoms. The molecule has 2 nitrogen and oxygen atoms in total. The molecule has 0 saturated carbocycles. The van der Waals surface area contributed by atoms with Crippen LogP contribution in [0.25, 0.3) is 0 Å². The molecule has 2 heteroatoms. The number of ether oxygens (including phenoxy) is 1. The van der Waals surface area contributed by atoms with Crippen LogP contribution in [0.4, 0.5) is 0 Å². The third-order valence-corrected chi connectivity index (χ3v) is 3.77. The van der Waals surface area contributed by atoms with Gasteiger partial charge in [-0.3, -0.25) is 0 Å². The molecular formula is C15H23NO. The molecule has 3 atom stereocenters. The number of rotatable bonds is 5. The van der Waals surface area contributed by atoms with Gasteiger partial charge in [-0.05, 0) is 24.1 Å². The molecule has 1 aliphatic heterocycles. The molecule has 0 fully saturated rings. The largest absolute Gasteiger partial charge is 0.488 e. The predicted octanol–water partition coefficient (Wildman–Crippen LogP) is 3.01. The Hall–Kier alpha value is -1.02. The molecule has 0 aromatic heterocycles. The van der Waals surface area contributed by atoms with Crippen molar-refractivity contribution < 1.29 is 4.74 Å². The normalized spacial score (nSPS) is 21.7. The van der Waals surface area contributed by atoms with E-state index in [9.17, 15) is 0 Å². The predicted molar refractivity (Wildman–Crippen MR) is 71.5 cm³/mol. The Morgan fingerprint density at radius 3 is 2.76 bits per heavy atom. The summed E-state index contributed by atoms with van der Waals surface area (Å²) in [5.41, 5.74) is 1.35. The van der Waals surface area contributed by atoms with E-state index >= 15 is 0 Å². The smallest absolute Gasteiger partial charge is 0.123 e. The van der Waals surface area contributed by atoms with Gasteiger partial charge in [-0.25, -0.2) is 0 Å². The monoisotopic (exact) mass is 233 g/mol. The van der Waals surface area contributed by atoms with Crippen LogP contribution in [0.15, 0.2) is 24.3 Å². The van der Waals surface area contributed by atoms with Crippen molar-refractivity contribution in [3.8, 4) is 5.75 Å². The van der Waals surface area contributed by atoms with Crippen LogP contribution in [-0.2, 0) is 6.42 Å². The zero-order valence-electron chi connectivity index (χ0n) is 11.1. The van der Waals surface area contributed by atoms with Crippen molar-refractivity contribution in [2.75, 3.05) is 6.54 Å². The number of fused-ring (bicyclic) bond motifs is 1. The summed E-state index contributed by atoms with van der Waals surface area (Å²) in [5, 5.41) is 3.59. The summed E-state index contributed by atoms with van der Waals surface area (Å²) in [4.78, 5) is 0. The lowest BCUT2D eigenvalue weighted by Gasteiger charge is -2.29. The van der Waals surface area contributed by atoms with Crippen LogP contribution in [0.2, 0.25) is 0 Å². The zero-order chi connectivity index (χ0) is 12.3. The molecule has 0 saturated heterocycles. The minimum atomic E-state index is 0.294. The highest BCUT2D eigenvalue weighted by atomic mass is 16.5. The molecule has 0 aliphatic carbocycles. The van der Waals surface area contributed by atoms with E-state index in [2.05, 4.69) is 44.3 Å². The Labute approximate surface area is 104 Å². The van der Waals surface area contributed by atoms with E-state index < -0.39 is 0 Å². The standard InChI is InChI=1S/C15H23NO/c1-4-11(3)15(16-5-2)14-10-12-8-6-7-9-13(12)17-14/h6-9,11,14-16H,4-5,10H2,1-3H3. The van der Waals surface area contributed by atoms with E-state index in [1.807, 2.05) is 6.07 Å². The average Bonchev–Trinajstić information content (AvgIpc) is 2.78. The molecule has 0 radical (unpaired) electrons. The second-order valence-electron chi connectivity index (χ2n) is 4.94. The molecule has 94 valence electrons. The lowest BCUT2D eigenvalue weighted by Crippen LogP contribution is -2.46. The highest BCUT2D eigenvalue weighted by Gasteiger charge is 2.32. The molecule has 1 aromatic carbocycles. The Morgan fingerprint density at radius 1 is 1.35 bits per heavy atom. The lowest BCUT2D eigenvalue weighted by molar-refractivity contribution is 0.144. The van der Waals surface area contributed by atoms with Crippen LogP contribution in [-0.4, -0.2) is 18.7 Å². The average molecular weight is 233 g/mol. The van der Waals surface area contributed by atoms with Gasteiger partial charge in [0.05, 0.1) is 0 Å². The number of para-hydroxylation sites is 1. The van der Waals surface area contributed by atoms with Gasteiger partial charge in [-0.15, -0.1) is 0 Å². The van der Waals surface area contributed by atoms with Crippen molar-refractivity contribution in [3.05, 3.63) is 29.8 Å². The topological polar surface area (TPSA) is 21.3 Å². The summed E-state index contributed by atoms with van der Waals surface area (Å²) in [6.45, 7) is 7.72. The number of benzene rings is 1. The van der Waals surface area contributed by atoms with Crippen molar-refractivity contribution in [3.63, 3.8) is 0 Å². The third-order valence-electron chi connectivity index (χ3n) is 3.77. The van der Waals surface area contributed by atoms with E-state index in [0.29, 0.717) is 18.1 Å². The van der Waals surface area contributed by atoms with Gasteiger partial charge in [0, 0.05) is 12.5 Å². The number of hydrogen-bond acceptors (Lipinski definition) is 2. The SMILES string of the molecule is CCNC(C(C)CC)C1Cc2ccccc2O1. The van der Waals surface area contributed by atoms with Gasteiger partial charge in [-0.1, -0.05) is 45.4 Å². The second kappa shape index (κ2) is 5.54. The molecule has 0 bridgehead atoms. The van der Waals surface area contributed by atoms with Gasteiger partial charge < -0.3 is 10.1 Å². The fourth-order valence-corrected chi connectivity index (χ4v) is 2.60. The van der Waals surface area contributed by atoms with Gasteiger partial charge in [0.1, 0.15) is 11.9 Å². The highest BCUT2D eigenvalue weighted by molar-refractivity contribution is 5.37. The Balaban J connectivity index is 2.08. The van der Waals surface area contributed by atoms with Gasteiger partial charge in [0.25, 0.3) is 0 Å². The number of hydrogen-bond donors (Lipinski definition) is 1. The quantitative estimate of drug-likeness (QED) is 0.844. The van der Waals surface area contributed by atoms with E-state index in [1.165, 1.54) is 12.0 Å². The first-order chi connectivity index (χ1) is 8.26. The molecule has 0 amide bonds. The maximum atomic E-state index is 6.08. The molecule has 2 rings (SSSR count). The summed E-state index contributed by atoms with van der Waals surface area (Å²) >= 11 is 0. The van der Waals surface area contributed by atoms with Gasteiger partial charge in [0.15, 0.2) is 0 Å². The second-order valence-corrected chi connectivity index (χ2v) is 4.94. The summed E-state index contributed by atoms with van der Waals surface area (Å²) in [5.74, 6) is 1.72. The van der Waals surface area contributed by atoms with Crippen molar-refractivity contribution >= 4 is 0 Å². The molecule has 17 heavy (non-hydrogen) atoms. The third kappa shape index (κ3) is 2.63. The van der Waals surface area contributed by atoms with Crippen LogP contribution in [0, 0.1) is 5.92 Å². The minimum Gasteiger partial charge on any atom is -0.488 e. The summed E-state index contributed by atoms with van der Waals surface area (Å²) < 4.78 is 6.08. The van der Waals surface area contributed by atoms with Crippen LogP contribution < -0.4 is 10.1 Å². The van der Waals surface area contributed by atoms with E-state index in [1.54, 1.807) is 0 Å². The lowest BCUT2D eigenvalue weighted by atomic mass is 9.92. The first-order valence-electron chi connectivity index (χ1n) is 6.74. The molecule has 1 aromatic rings. The van der Waals surface area contributed by atoms with E-state index in [0.717, 1.165) is 18.7 Å². The number of nitrogens with one attached hydrogen (secondary N) is 1. The van der Waals surface area contributed by atoms with Gasteiger partial charge >= 0.3 is 0 Å². The van der Waals surface area contributed by atoms with Crippen LogP contribution in [0.3, 0.4) is 0 Å². The zero-order valence-corrected chi connectivity index (χ0v) is 11.1. The van der Waals surface area contributed by atoms with E-state index in [-0.39, 0.29) is 0 Å². The fraction of sp³-hybridized carbons (Fsp3) is 0.600. The van der Waals surface area contributed by atoms with Crippen molar-refractivity contribution in [2.45, 2.75) is 45.8 Å². The maximum Gasteiger partial charge on any atom is 0.123 e. The maximum absolute atomic E-state index is 6.08. The van der Waals surface area contributed by atoms with Crippen molar-refractivity contribution in [1.82, 2.24) is 5.32 Å². The van der Waals surface area contributed by atoms with Crippen LogP contribution in [0.5, 0.6) is 5.75 Å². The van der Waals surface area contributed by atoms with Crippen LogP contribution >= 0.6 is 0 Å². The molecular weight excluding hydrogens is 210 g/mol. The Kier molecular flexibility index (Phi) is 4.06. The highest BCUT2D eigenvalue weighted by Crippen LogP contribution is 2.31. The van der Waals surface area contributed by atoms with Gasteiger partial charge in [0.2, 0.25) is 0 Å². The molecule has 3 unspecified atom stereocenters. The molecule has 1 aliphatic rings. The first-order valence-corrected chi connectivity index (χ1v) is 6.74.